The van der Waals surface area contributed by atoms with Gasteiger partial charge in [-0.1, -0.05) is 12.1 Å². The van der Waals surface area contributed by atoms with Gasteiger partial charge in [-0.3, -0.25) is 4.79 Å². The maximum Gasteiger partial charge on any atom is 0.220 e. The van der Waals surface area contributed by atoms with Crippen LogP contribution in [0.1, 0.15) is 13.3 Å². The zero-order valence-corrected chi connectivity index (χ0v) is 17.6. The minimum absolute atomic E-state index is 0.0203. The Balaban J connectivity index is 1.73. The molecule has 1 aromatic carbocycles. The molecule has 1 N–H and O–H groups in total. The van der Waals surface area contributed by atoms with Gasteiger partial charge in [-0.25, -0.2) is 9.97 Å². The zero-order chi connectivity index (χ0) is 19.8. The molecule has 0 aliphatic carbocycles. The van der Waals surface area contributed by atoms with Gasteiger partial charge in [-0.2, -0.15) is 0 Å². The molecule has 0 aliphatic heterocycles. The number of fused-ring (bicyclic) bond motifs is 1. The molecule has 0 saturated carbocycles. The number of rotatable bonds is 10. The van der Waals surface area contributed by atoms with E-state index in [0.29, 0.717) is 31.9 Å². The van der Waals surface area contributed by atoms with Crippen molar-refractivity contribution in [3.8, 4) is 16.9 Å². The normalized spacial score (nSPS) is 10.9. The first kappa shape index (κ1) is 20.6. The quantitative estimate of drug-likeness (QED) is 0.305. The number of amides is 1. The van der Waals surface area contributed by atoms with Gasteiger partial charge >= 0.3 is 0 Å². The summed E-state index contributed by atoms with van der Waals surface area (Å²) >= 11 is 3.18. The Bertz CT molecular complexity index is 913. The maximum atomic E-state index is 11.9. The number of benzene rings is 1. The highest BCUT2D eigenvalue weighted by molar-refractivity contribution is 7.99. The maximum absolute atomic E-state index is 11.9. The van der Waals surface area contributed by atoms with Crippen molar-refractivity contribution >= 4 is 39.2 Å². The van der Waals surface area contributed by atoms with Gasteiger partial charge in [0.15, 0.2) is 0 Å². The molecule has 0 aliphatic rings. The van der Waals surface area contributed by atoms with Crippen molar-refractivity contribution < 1.29 is 14.3 Å². The number of hydrogen-bond acceptors (Lipinski definition) is 7. The molecular weight excluding hydrogens is 394 g/mol. The van der Waals surface area contributed by atoms with Crippen LogP contribution in [-0.2, 0) is 9.53 Å². The Morgan fingerprint density at radius 2 is 2.07 bits per heavy atom. The van der Waals surface area contributed by atoms with Crippen LogP contribution in [0.15, 0.2) is 41.0 Å². The summed E-state index contributed by atoms with van der Waals surface area (Å²) in [7, 11) is 1.62. The topological polar surface area (TPSA) is 73.3 Å². The Kier molecular flexibility index (Phi) is 7.64. The third-order valence-electron chi connectivity index (χ3n) is 4.01. The van der Waals surface area contributed by atoms with E-state index in [1.54, 1.807) is 36.5 Å². The fraction of sp³-hybridized carbons (Fsp3) is 0.350. The Morgan fingerprint density at radius 1 is 1.25 bits per heavy atom. The standard InChI is InChI=1S/C20H23N3O3S2/c1-3-26-15-6-4-14(5-7-15)16-12-28-20-18(16)19(22-13-23-20)27-11-8-17(24)21-9-10-25-2/h4-7,12-13H,3,8-11H2,1-2H3,(H,21,24). The van der Waals surface area contributed by atoms with Gasteiger partial charge in [0, 0.05) is 36.8 Å². The molecule has 1 amide bonds. The molecule has 2 heterocycles. The summed E-state index contributed by atoms with van der Waals surface area (Å²) in [6.07, 6.45) is 2.02. The number of aromatic nitrogens is 2. The highest BCUT2D eigenvalue weighted by atomic mass is 32.2. The van der Waals surface area contributed by atoms with Gasteiger partial charge < -0.3 is 14.8 Å². The predicted octanol–water partition coefficient (Wildman–Crippen LogP) is 4.00. The average Bonchev–Trinajstić information content (AvgIpc) is 3.14. The Labute approximate surface area is 172 Å². The third-order valence-corrected chi connectivity index (χ3v) is 5.89. The van der Waals surface area contributed by atoms with Crippen molar-refractivity contribution in [2.75, 3.05) is 32.6 Å². The Morgan fingerprint density at radius 3 is 2.82 bits per heavy atom. The van der Waals surface area contributed by atoms with Crippen molar-refractivity contribution in [3.05, 3.63) is 36.0 Å². The third kappa shape index (κ3) is 5.21. The van der Waals surface area contributed by atoms with E-state index in [1.165, 1.54) is 0 Å². The number of hydrogen-bond donors (Lipinski definition) is 1. The molecule has 0 fully saturated rings. The van der Waals surface area contributed by atoms with E-state index in [-0.39, 0.29) is 5.91 Å². The number of methoxy groups -OCH3 is 1. The summed E-state index contributed by atoms with van der Waals surface area (Å²) in [5, 5.41) is 6.89. The number of thioether (sulfide) groups is 1. The first-order valence-electron chi connectivity index (χ1n) is 9.06. The molecule has 0 spiro atoms. The van der Waals surface area contributed by atoms with Crippen LogP contribution in [0.25, 0.3) is 21.3 Å². The van der Waals surface area contributed by atoms with Gasteiger partial charge in [0.25, 0.3) is 0 Å². The summed E-state index contributed by atoms with van der Waals surface area (Å²) < 4.78 is 10.5. The minimum Gasteiger partial charge on any atom is -0.494 e. The van der Waals surface area contributed by atoms with Gasteiger partial charge in [-0.05, 0) is 24.6 Å². The molecular formula is C20H23N3O3S2. The predicted molar refractivity (Wildman–Crippen MR) is 114 cm³/mol. The molecule has 0 radical (unpaired) electrons. The molecule has 3 aromatic rings. The lowest BCUT2D eigenvalue weighted by molar-refractivity contribution is -0.120. The lowest BCUT2D eigenvalue weighted by atomic mass is 10.1. The van der Waals surface area contributed by atoms with Crippen LogP contribution >= 0.6 is 23.1 Å². The highest BCUT2D eigenvalue weighted by Crippen LogP contribution is 2.38. The average molecular weight is 418 g/mol. The largest absolute Gasteiger partial charge is 0.494 e. The fourth-order valence-corrected chi connectivity index (χ4v) is 4.62. The number of carbonyl (C=O) groups is 1. The monoisotopic (exact) mass is 417 g/mol. The van der Waals surface area contributed by atoms with Crippen molar-refractivity contribution in [2.24, 2.45) is 0 Å². The first-order chi connectivity index (χ1) is 13.7. The van der Waals surface area contributed by atoms with Crippen molar-refractivity contribution in [3.63, 3.8) is 0 Å². The number of thiophene rings is 1. The molecule has 148 valence electrons. The van der Waals surface area contributed by atoms with Gasteiger partial charge in [-0.15, -0.1) is 23.1 Å². The number of nitrogens with zero attached hydrogens (tertiary/aromatic N) is 2. The lowest BCUT2D eigenvalue weighted by Crippen LogP contribution is -2.27. The van der Waals surface area contributed by atoms with E-state index in [9.17, 15) is 4.79 Å². The molecule has 3 rings (SSSR count). The van der Waals surface area contributed by atoms with Crippen LogP contribution in [0.2, 0.25) is 0 Å². The van der Waals surface area contributed by atoms with E-state index < -0.39 is 0 Å². The summed E-state index contributed by atoms with van der Waals surface area (Å²) in [6.45, 7) is 3.67. The van der Waals surface area contributed by atoms with E-state index in [4.69, 9.17) is 9.47 Å². The van der Waals surface area contributed by atoms with Crippen LogP contribution in [0.4, 0.5) is 0 Å². The van der Waals surface area contributed by atoms with Crippen LogP contribution in [0, 0.1) is 0 Å². The first-order valence-corrected chi connectivity index (χ1v) is 10.9. The van der Waals surface area contributed by atoms with Gasteiger partial charge in [0.2, 0.25) is 5.91 Å². The van der Waals surface area contributed by atoms with Crippen molar-refractivity contribution in [1.82, 2.24) is 15.3 Å². The van der Waals surface area contributed by atoms with Crippen LogP contribution in [-0.4, -0.2) is 48.5 Å². The molecule has 8 heteroatoms. The van der Waals surface area contributed by atoms with Crippen molar-refractivity contribution in [1.29, 1.82) is 0 Å². The molecule has 0 atom stereocenters. The van der Waals surface area contributed by atoms with Crippen LogP contribution in [0.5, 0.6) is 5.75 Å². The van der Waals surface area contributed by atoms with Gasteiger partial charge in [0.1, 0.15) is 21.9 Å². The lowest BCUT2D eigenvalue weighted by Gasteiger charge is -2.07. The molecule has 2 aromatic heterocycles. The van der Waals surface area contributed by atoms with Gasteiger partial charge in [0.05, 0.1) is 18.6 Å². The number of ether oxygens (including phenoxy) is 2. The van der Waals surface area contributed by atoms with E-state index in [2.05, 4.69) is 32.8 Å². The minimum atomic E-state index is 0.0203. The second-order valence-electron chi connectivity index (χ2n) is 5.91. The smallest absolute Gasteiger partial charge is 0.220 e. The summed E-state index contributed by atoms with van der Waals surface area (Å²) in [5.41, 5.74) is 2.21. The molecule has 28 heavy (non-hydrogen) atoms. The van der Waals surface area contributed by atoms with Crippen molar-refractivity contribution in [2.45, 2.75) is 18.4 Å². The second-order valence-corrected chi connectivity index (χ2v) is 7.85. The van der Waals surface area contributed by atoms with Crippen LogP contribution < -0.4 is 10.1 Å². The summed E-state index contributed by atoms with van der Waals surface area (Å²) in [6, 6.07) is 8.06. The van der Waals surface area contributed by atoms with E-state index in [1.807, 2.05) is 19.1 Å². The zero-order valence-electron chi connectivity index (χ0n) is 15.9. The van der Waals surface area contributed by atoms with E-state index >= 15 is 0 Å². The van der Waals surface area contributed by atoms with Crippen LogP contribution in [0.3, 0.4) is 0 Å². The summed E-state index contributed by atoms with van der Waals surface area (Å²) in [5.74, 6) is 1.53. The summed E-state index contributed by atoms with van der Waals surface area (Å²) in [4.78, 5) is 21.7. The SMILES string of the molecule is CCOc1ccc(-c2csc3ncnc(SCCC(=O)NCCOC)c23)cc1. The Hall–Kier alpha value is -2.16. The molecule has 0 unspecified atom stereocenters. The van der Waals surface area contributed by atoms with E-state index in [0.717, 1.165) is 32.1 Å². The fourth-order valence-electron chi connectivity index (χ4n) is 2.69. The molecule has 0 bridgehead atoms. The molecule has 6 nitrogen and oxygen atoms in total. The number of carbonyl (C=O) groups excluding carboxylic acids is 1. The molecule has 0 saturated heterocycles. The second kappa shape index (κ2) is 10.4. The highest BCUT2D eigenvalue weighted by Gasteiger charge is 2.14. The number of nitrogens with one attached hydrogen (secondary N) is 1.